The molecule has 4 heteroatoms. The summed E-state index contributed by atoms with van der Waals surface area (Å²) in [6.07, 6.45) is 1.61. The first-order valence-corrected chi connectivity index (χ1v) is 9.36. The molecule has 0 unspecified atom stereocenters. The molecule has 0 fully saturated rings. The topological polar surface area (TPSA) is 56.1 Å². The van der Waals surface area contributed by atoms with Crippen molar-refractivity contribution >= 4 is 23.4 Å². The van der Waals surface area contributed by atoms with Gasteiger partial charge in [-0.15, -0.1) is 0 Å². The lowest BCUT2D eigenvalue weighted by atomic mass is 10.0. The number of hydrogen-bond acceptors (Lipinski definition) is 3. The monoisotopic (exact) mass is 361 g/mol. The van der Waals surface area contributed by atoms with E-state index in [0.717, 1.165) is 24.3 Å². The Hall–Kier alpha value is -3.06. The summed E-state index contributed by atoms with van der Waals surface area (Å²) in [4.78, 5) is 14.7. The highest BCUT2D eigenvalue weighted by molar-refractivity contribution is 6.09. The van der Waals surface area contributed by atoms with E-state index in [9.17, 15) is 10.1 Å². The Labute approximate surface area is 162 Å². The second-order valence-electron chi connectivity index (χ2n) is 6.66. The summed E-state index contributed by atoms with van der Waals surface area (Å²) >= 11 is 0. The molecule has 1 amide bonds. The molecule has 0 aliphatic heterocycles. The van der Waals surface area contributed by atoms with E-state index >= 15 is 0 Å². The van der Waals surface area contributed by atoms with Crippen molar-refractivity contribution in [3.05, 3.63) is 65.2 Å². The highest BCUT2D eigenvalue weighted by Crippen LogP contribution is 2.19. The number of carbonyl (C=O) groups excluding carboxylic acids is 1. The number of nitriles is 1. The molecule has 0 saturated carbocycles. The molecule has 0 spiro atoms. The van der Waals surface area contributed by atoms with Crippen LogP contribution in [0.5, 0.6) is 0 Å². The molecule has 0 atom stereocenters. The maximum atomic E-state index is 12.4. The van der Waals surface area contributed by atoms with Crippen LogP contribution in [0.4, 0.5) is 11.4 Å². The Kier molecular flexibility index (Phi) is 7.19. The van der Waals surface area contributed by atoms with Gasteiger partial charge in [-0.25, -0.2) is 0 Å². The maximum absolute atomic E-state index is 12.4. The van der Waals surface area contributed by atoms with Gasteiger partial charge in [0, 0.05) is 24.5 Å². The van der Waals surface area contributed by atoms with E-state index in [2.05, 4.69) is 37.9 Å². The molecule has 2 aromatic carbocycles. The molecule has 0 radical (unpaired) electrons. The van der Waals surface area contributed by atoms with Crippen molar-refractivity contribution < 1.29 is 4.79 Å². The number of nitrogens with zero attached hydrogens (tertiary/aromatic N) is 2. The third kappa shape index (κ3) is 5.46. The van der Waals surface area contributed by atoms with Crippen LogP contribution in [0, 0.1) is 11.3 Å². The van der Waals surface area contributed by atoms with Crippen LogP contribution < -0.4 is 10.2 Å². The molecule has 4 nitrogen and oxygen atoms in total. The van der Waals surface area contributed by atoms with E-state index in [-0.39, 0.29) is 5.57 Å². The lowest BCUT2D eigenvalue weighted by molar-refractivity contribution is -0.112. The highest BCUT2D eigenvalue weighted by Gasteiger charge is 2.10. The Morgan fingerprint density at radius 1 is 1.07 bits per heavy atom. The molecule has 0 saturated heterocycles. The van der Waals surface area contributed by atoms with Gasteiger partial charge in [0.05, 0.1) is 0 Å². The molecule has 1 N–H and O–H groups in total. The van der Waals surface area contributed by atoms with Gasteiger partial charge in [-0.3, -0.25) is 4.79 Å². The fraction of sp³-hybridized carbons (Fsp3) is 0.304. The Morgan fingerprint density at radius 2 is 1.67 bits per heavy atom. The average molecular weight is 361 g/mol. The molecule has 0 bridgehead atoms. The summed E-state index contributed by atoms with van der Waals surface area (Å²) in [5, 5.41) is 12.2. The van der Waals surface area contributed by atoms with Gasteiger partial charge in [-0.1, -0.05) is 38.1 Å². The van der Waals surface area contributed by atoms with Gasteiger partial charge in [0.25, 0.3) is 5.91 Å². The molecule has 0 aliphatic rings. The van der Waals surface area contributed by atoms with Crippen molar-refractivity contribution in [2.24, 2.45) is 0 Å². The molecular formula is C23H27N3O. The van der Waals surface area contributed by atoms with Crippen molar-refractivity contribution in [1.82, 2.24) is 0 Å². The van der Waals surface area contributed by atoms with Crippen molar-refractivity contribution in [3.63, 3.8) is 0 Å². The number of anilines is 2. The van der Waals surface area contributed by atoms with Gasteiger partial charge in [-0.05, 0) is 61.2 Å². The predicted molar refractivity (Wildman–Crippen MR) is 113 cm³/mol. The van der Waals surface area contributed by atoms with E-state index in [1.807, 2.05) is 54.6 Å². The number of nitrogens with one attached hydrogen (secondary N) is 1. The van der Waals surface area contributed by atoms with Gasteiger partial charge in [0.1, 0.15) is 11.6 Å². The first-order valence-electron chi connectivity index (χ1n) is 9.36. The molecule has 140 valence electrons. The second-order valence-corrected chi connectivity index (χ2v) is 6.66. The van der Waals surface area contributed by atoms with Gasteiger partial charge >= 0.3 is 0 Å². The minimum Gasteiger partial charge on any atom is -0.372 e. The summed E-state index contributed by atoms with van der Waals surface area (Å²) in [5.41, 5.74) is 3.93. The molecule has 0 heterocycles. The zero-order valence-electron chi connectivity index (χ0n) is 16.5. The second kappa shape index (κ2) is 9.59. The lowest BCUT2D eigenvalue weighted by Gasteiger charge is -2.21. The summed E-state index contributed by atoms with van der Waals surface area (Å²) in [5.74, 6) is 0.0436. The van der Waals surface area contributed by atoms with Crippen LogP contribution in [0.3, 0.4) is 0 Å². The van der Waals surface area contributed by atoms with Gasteiger partial charge in [0.2, 0.25) is 0 Å². The first kappa shape index (κ1) is 20.3. The molecule has 2 rings (SSSR count). The summed E-state index contributed by atoms with van der Waals surface area (Å²) in [7, 11) is 0. The van der Waals surface area contributed by atoms with Crippen molar-refractivity contribution in [2.45, 2.75) is 33.6 Å². The van der Waals surface area contributed by atoms with Gasteiger partial charge in [0.15, 0.2) is 0 Å². The van der Waals surface area contributed by atoms with Crippen LogP contribution >= 0.6 is 0 Å². The lowest BCUT2D eigenvalue weighted by Crippen LogP contribution is -2.21. The third-order valence-corrected chi connectivity index (χ3v) is 4.53. The summed E-state index contributed by atoms with van der Waals surface area (Å²) < 4.78 is 0. The minimum absolute atomic E-state index is 0.0834. The number of carbonyl (C=O) groups is 1. The number of hydrogen-bond donors (Lipinski definition) is 1. The highest BCUT2D eigenvalue weighted by atomic mass is 16.1. The van der Waals surface area contributed by atoms with E-state index in [0.29, 0.717) is 11.6 Å². The quantitative estimate of drug-likeness (QED) is 0.544. The Bertz CT molecular complexity index is 823. The summed E-state index contributed by atoms with van der Waals surface area (Å²) in [6.45, 7) is 10.3. The largest absolute Gasteiger partial charge is 0.372 e. The normalized spacial score (nSPS) is 11.2. The zero-order valence-corrected chi connectivity index (χ0v) is 16.5. The average Bonchev–Trinajstić information content (AvgIpc) is 2.68. The number of amides is 1. The maximum Gasteiger partial charge on any atom is 0.266 e. The zero-order chi connectivity index (χ0) is 19.8. The van der Waals surface area contributed by atoms with Crippen molar-refractivity contribution in [1.29, 1.82) is 5.26 Å². The van der Waals surface area contributed by atoms with Crippen LogP contribution in [0.1, 0.15) is 44.7 Å². The Morgan fingerprint density at radius 3 is 2.15 bits per heavy atom. The van der Waals surface area contributed by atoms with E-state index in [1.54, 1.807) is 6.08 Å². The van der Waals surface area contributed by atoms with Gasteiger partial charge in [-0.2, -0.15) is 5.26 Å². The van der Waals surface area contributed by atoms with E-state index < -0.39 is 5.91 Å². The fourth-order valence-electron chi connectivity index (χ4n) is 2.84. The van der Waals surface area contributed by atoms with E-state index in [1.165, 1.54) is 5.56 Å². The Balaban J connectivity index is 2.11. The van der Waals surface area contributed by atoms with Crippen molar-refractivity contribution in [2.75, 3.05) is 23.3 Å². The smallest absolute Gasteiger partial charge is 0.266 e. The SMILES string of the molecule is CCN(CC)c1ccc(NC(=O)/C(C#N)=C\c2ccc(C(C)C)cc2)cc1. The molecule has 2 aromatic rings. The van der Waals surface area contributed by atoms with Crippen molar-refractivity contribution in [3.8, 4) is 6.07 Å². The first-order chi connectivity index (χ1) is 13.0. The standard InChI is InChI=1S/C23H27N3O/c1-5-26(6-2)22-13-11-21(12-14-22)25-23(27)20(16-24)15-18-7-9-19(10-8-18)17(3)4/h7-15,17H,5-6H2,1-4H3,(H,25,27)/b20-15-. The summed E-state index contributed by atoms with van der Waals surface area (Å²) in [6, 6.07) is 17.6. The minimum atomic E-state index is -0.402. The fourth-order valence-corrected chi connectivity index (χ4v) is 2.84. The van der Waals surface area contributed by atoms with E-state index in [4.69, 9.17) is 0 Å². The number of rotatable bonds is 7. The predicted octanol–water partition coefficient (Wildman–Crippen LogP) is 5.20. The molecule has 27 heavy (non-hydrogen) atoms. The van der Waals surface area contributed by atoms with Crippen LogP contribution in [-0.2, 0) is 4.79 Å². The molecule has 0 aromatic heterocycles. The van der Waals surface area contributed by atoms with Gasteiger partial charge < -0.3 is 10.2 Å². The molecule has 0 aliphatic carbocycles. The van der Waals surface area contributed by atoms with Crippen LogP contribution in [0.2, 0.25) is 0 Å². The molecular weight excluding hydrogens is 334 g/mol. The van der Waals surface area contributed by atoms with Crippen LogP contribution in [0.25, 0.3) is 6.08 Å². The number of benzene rings is 2. The third-order valence-electron chi connectivity index (χ3n) is 4.53. The van der Waals surface area contributed by atoms with Crippen LogP contribution in [0.15, 0.2) is 54.1 Å². The van der Waals surface area contributed by atoms with Crippen LogP contribution in [-0.4, -0.2) is 19.0 Å².